The van der Waals surface area contributed by atoms with Gasteiger partial charge in [-0.1, -0.05) is 0 Å². The molecule has 7 nitrogen and oxygen atoms in total. The molecule has 1 unspecified atom stereocenters. The number of hydrogen-bond donors (Lipinski definition) is 2. The van der Waals surface area contributed by atoms with Crippen LogP contribution in [0.2, 0.25) is 0 Å². The van der Waals surface area contributed by atoms with Crippen molar-refractivity contribution in [2.45, 2.75) is 45.1 Å². The van der Waals surface area contributed by atoms with Crippen LogP contribution in [0.25, 0.3) is 11.0 Å². The summed E-state index contributed by atoms with van der Waals surface area (Å²) in [5.74, 6) is 0.514. The van der Waals surface area contributed by atoms with E-state index in [2.05, 4.69) is 4.98 Å². The zero-order chi connectivity index (χ0) is 21.5. The smallest absolute Gasteiger partial charge is 0.252 e. The largest absolute Gasteiger partial charge is 0.485 e. The first-order chi connectivity index (χ1) is 14.4. The zero-order valence-electron chi connectivity index (χ0n) is 17.4. The van der Waals surface area contributed by atoms with Crippen molar-refractivity contribution in [3.05, 3.63) is 45.1 Å². The minimum atomic E-state index is -0.615. The Kier molecular flexibility index (Phi) is 5.57. The van der Waals surface area contributed by atoms with Crippen molar-refractivity contribution < 1.29 is 23.8 Å². The molecule has 3 aromatic rings. The molecule has 0 aliphatic carbocycles. The highest BCUT2D eigenvalue weighted by Crippen LogP contribution is 2.47. The predicted molar refractivity (Wildman–Crippen MR) is 114 cm³/mol. The number of aliphatic hydroxyl groups excluding tert-OH is 1. The normalized spacial score (nSPS) is 17.2. The van der Waals surface area contributed by atoms with Gasteiger partial charge in [-0.05, 0) is 45.7 Å². The van der Waals surface area contributed by atoms with Gasteiger partial charge in [0.1, 0.15) is 23.2 Å². The lowest BCUT2D eigenvalue weighted by atomic mass is 9.72. The van der Waals surface area contributed by atoms with E-state index >= 15 is 0 Å². The molecule has 0 bridgehead atoms. The second kappa shape index (κ2) is 8.02. The number of thiazole rings is 1. The van der Waals surface area contributed by atoms with Crippen LogP contribution in [0.1, 0.15) is 58.1 Å². The van der Waals surface area contributed by atoms with Crippen LogP contribution in [0.15, 0.2) is 22.1 Å². The highest BCUT2D eigenvalue weighted by atomic mass is 32.1. The van der Waals surface area contributed by atoms with Crippen molar-refractivity contribution in [2.24, 2.45) is 5.73 Å². The molecule has 1 aromatic carbocycles. The van der Waals surface area contributed by atoms with Crippen LogP contribution in [-0.4, -0.2) is 35.8 Å². The van der Waals surface area contributed by atoms with E-state index in [0.717, 1.165) is 16.1 Å². The molecule has 1 saturated heterocycles. The minimum absolute atomic E-state index is 0.0950. The maximum Gasteiger partial charge on any atom is 0.252 e. The van der Waals surface area contributed by atoms with Crippen LogP contribution >= 0.6 is 11.3 Å². The first kappa shape index (κ1) is 20.8. The molecule has 1 aliphatic rings. The van der Waals surface area contributed by atoms with Gasteiger partial charge in [0.25, 0.3) is 5.91 Å². The number of aromatic nitrogens is 1. The molecule has 30 heavy (non-hydrogen) atoms. The molecular weight excluding hydrogens is 404 g/mol. The number of aryl methyl sites for hydroxylation is 2. The van der Waals surface area contributed by atoms with E-state index in [0.29, 0.717) is 54.1 Å². The fourth-order valence-corrected chi connectivity index (χ4v) is 5.19. The molecular formula is C22H26N2O5S. The van der Waals surface area contributed by atoms with Gasteiger partial charge in [-0.15, -0.1) is 11.3 Å². The Hall–Kier alpha value is -2.42. The topological polar surface area (TPSA) is 108 Å². The van der Waals surface area contributed by atoms with Gasteiger partial charge < -0.3 is 24.7 Å². The van der Waals surface area contributed by atoms with Crippen LogP contribution in [0.5, 0.6) is 5.75 Å². The van der Waals surface area contributed by atoms with E-state index in [1.54, 1.807) is 29.8 Å². The summed E-state index contributed by atoms with van der Waals surface area (Å²) >= 11 is 1.54. The van der Waals surface area contributed by atoms with Gasteiger partial charge in [0, 0.05) is 29.6 Å². The van der Waals surface area contributed by atoms with Gasteiger partial charge >= 0.3 is 0 Å². The summed E-state index contributed by atoms with van der Waals surface area (Å²) in [6, 6.07) is 3.65. The molecule has 0 spiro atoms. The Bertz CT molecular complexity index is 1080. The number of hydrogen-bond acceptors (Lipinski definition) is 7. The number of carbonyl (C=O) groups excluding carboxylic acids is 1. The SMILES string of the molecule is Cc1ncsc1C(C)Oc1ccc2oc(C)c(C(N)=O)c2c1C1(CO)CCOCC1. The van der Waals surface area contributed by atoms with E-state index in [1.165, 1.54) is 0 Å². The lowest BCUT2D eigenvalue weighted by Crippen LogP contribution is -2.38. The van der Waals surface area contributed by atoms with Gasteiger partial charge in [-0.3, -0.25) is 4.79 Å². The summed E-state index contributed by atoms with van der Waals surface area (Å²) in [5.41, 5.74) is 9.50. The predicted octanol–water partition coefficient (Wildman–Crippen LogP) is 3.79. The molecule has 3 heterocycles. The lowest BCUT2D eigenvalue weighted by molar-refractivity contribution is 0.0243. The average Bonchev–Trinajstić information content (AvgIpc) is 3.30. The third-order valence-electron chi connectivity index (χ3n) is 5.98. The number of benzene rings is 1. The van der Waals surface area contributed by atoms with Gasteiger partial charge in [-0.25, -0.2) is 4.98 Å². The zero-order valence-corrected chi connectivity index (χ0v) is 18.2. The van der Waals surface area contributed by atoms with E-state index < -0.39 is 11.3 Å². The molecule has 1 fully saturated rings. The van der Waals surface area contributed by atoms with Crippen LogP contribution in [0.3, 0.4) is 0 Å². The number of fused-ring (bicyclic) bond motifs is 1. The van der Waals surface area contributed by atoms with E-state index in [4.69, 9.17) is 19.6 Å². The molecule has 160 valence electrons. The first-order valence-corrected chi connectivity index (χ1v) is 10.9. The molecule has 0 saturated carbocycles. The van der Waals surface area contributed by atoms with Crippen LogP contribution in [0, 0.1) is 13.8 Å². The van der Waals surface area contributed by atoms with E-state index in [9.17, 15) is 9.90 Å². The molecule has 0 radical (unpaired) electrons. The van der Waals surface area contributed by atoms with Crippen LogP contribution in [-0.2, 0) is 10.2 Å². The number of rotatable bonds is 6. The molecule has 1 amide bonds. The van der Waals surface area contributed by atoms with Crippen molar-refractivity contribution in [1.82, 2.24) is 4.98 Å². The van der Waals surface area contributed by atoms with Crippen molar-refractivity contribution in [3.8, 4) is 5.75 Å². The maximum absolute atomic E-state index is 12.3. The van der Waals surface area contributed by atoms with Gasteiger partial charge in [0.15, 0.2) is 0 Å². The quantitative estimate of drug-likeness (QED) is 0.616. The number of primary amides is 1. The Balaban J connectivity index is 1.94. The fraction of sp³-hybridized carbons (Fsp3) is 0.455. The Morgan fingerprint density at radius 3 is 2.70 bits per heavy atom. The summed E-state index contributed by atoms with van der Waals surface area (Å²) in [4.78, 5) is 17.7. The first-order valence-electron chi connectivity index (χ1n) is 9.99. The third kappa shape index (κ3) is 3.38. The minimum Gasteiger partial charge on any atom is -0.485 e. The Morgan fingerprint density at radius 2 is 2.10 bits per heavy atom. The Labute approximate surface area is 178 Å². The lowest BCUT2D eigenvalue weighted by Gasteiger charge is -2.38. The van der Waals surface area contributed by atoms with Crippen LogP contribution < -0.4 is 10.5 Å². The third-order valence-corrected chi connectivity index (χ3v) is 7.07. The molecule has 4 rings (SSSR count). The standard InChI is InChI=1S/C22H26N2O5S/c1-12-20(30-11-24-12)14(3)29-16-5-4-15-18(17(21(23)26)13(2)28-15)19(16)22(10-25)6-8-27-9-7-22/h4-5,11,14,25H,6-10H2,1-3H3,(H2,23,26). The van der Waals surface area contributed by atoms with Crippen molar-refractivity contribution in [1.29, 1.82) is 0 Å². The molecule has 8 heteroatoms. The monoisotopic (exact) mass is 430 g/mol. The summed E-state index contributed by atoms with van der Waals surface area (Å²) in [6.07, 6.45) is 0.972. The van der Waals surface area contributed by atoms with Gasteiger partial charge in [-0.2, -0.15) is 0 Å². The second-order valence-electron chi connectivity index (χ2n) is 7.82. The maximum atomic E-state index is 12.3. The molecule has 1 atom stereocenters. The summed E-state index contributed by atoms with van der Waals surface area (Å²) < 4.78 is 17.8. The Morgan fingerprint density at radius 1 is 1.37 bits per heavy atom. The second-order valence-corrected chi connectivity index (χ2v) is 8.71. The summed E-state index contributed by atoms with van der Waals surface area (Å²) in [5, 5.41) is 11.1. The van der Waals surface area contributed by atoms with Gasteiger partial charge in [0.2, 0.25) is 0 Å². The molecule has 3 N–H and O–H groups in total. The van der Waals surface area contributed by atoms with Crippen molar-refractivity contribution in [3.63, 3.8) is 0 Å². The highest BCUT2D eigenvalue weighted by molar-refractivity contribution is 7.09. The molecule has 1 aliphatic heterocycles. The van der Waals surface area contributed by atoms with Crippen molar-refractivity contribution in [2.75, 3.05) is 19.8 Å². The number of nitrogens with two attached hydrogens (primary N) is 1. The van der Waals surface area contributed by atoms with Crippen LogP contribution in [0.4, 0.5) is 0 Å². The fourth-order valence-electron chi connectivity index (χ4n) is 4.41. The number of carbonyl (C=O) groups is 1. The van der Waals surface area contributed by atoms with Gasteiger partial charge in [0.05, 0.1) is 28.3 Å². The summed E-state index contributed by atoms with van der Waals surface area (Å²) in [6.45, 7) is 6.59. The average molecular weight is 431 g/mol. The summed E-state index contributed by atoms with van der Waals surface area (Å²) in [7, 11) is 0. The van der Waals surface area contributed by atoms with Crippen molar-refractivity contribution >= 4 is 28.2 Å². The van der Waals surface area contributed by atoms with E-state index in [1.807, 2.05) is 19.9 Å². The molecule has 2 aromatic heterocycles. The number of amides is 1. The highest BCUT2D eigenvalue weighted by Gasteiger charge is 2.40. The number of furan rings is 1. The number of nitrogens with zero attached hydrogens (tertiary/aromatic N) is 1. The number of aliphatic hydroxyl groups is 1. The number of ether oxygens (including phenoxy) is 2. The van der Waals surface area contributed by atoms with E-state index in [-0.39, 0.29) is 12.7 Å².